The molecule has 0 aliphatic carbocycles. The lowest BCUT2D eigenvalue weighted by molar-refractivity contribution is 0.1000. The molecular formula is C15H13N5O2S. The van der Waals surface area contributed by atoms with E-state index >= 15 is 0 Å². The summed E-state index contributed by atoms with van der Waals surface area (Å²) in [6.45, 7) is 1.62. The van der Waals surface area contributed by atoms with E-state index in [-0.39, 0.29) is 5.91 Å². The maximum Gasteiger partial charge on any atom is 0.258 e. The van der Waals surface area contributed by atoms with E-state index < -0.39 is 5.60 Å². The molecule has 0 aliphatic heterocycles. The third kappa shape index (κ3) is 3.22. The van der Waals surface area contributed by atoms with E-state index in [0.717, 1.165) is 0 Å². The summed E-state index contributed by atoms with van der Waals surface area (Å²) in [4.78, 5) is 28.2. The molecule has 0 saturated heterocycles. The Hall–Kier alpha value is -2.71. The minimum atomic E-state index is -1.31. The van der Waals surface area contributed by atoms with Crippen LogP contribution in [-0.4, -0.2) is 30.9 Å². The lowest BCUT2D eigenvalue weighted by atomic mass is 9.97. The van der Waals surface area contributed by atoms with Crippen molar-refractivity contribution in [3.05, 3.63) is 64.8 Å². The maximum atomic E-state index is 12.3. The first-order valence-electron chi connectivity index (χ1n) is 6.72. The molecule has 23 heavy (non-hydrogen) atoms. The molecule has 116 valence electrons. The highest BCUT2D eigenvalue weighted by Gasteiger charge is 2.29. The molecule has 0 fully saturated rings. The van der Waals surface area contributed by atoms with Crippen molar-refractivity contribution >= 4 is 23.1 Å². The fourth-order valence-electron chi connectivity index (χ4n) is 1.97. The summed E-state index contributed by atoms with van der Waals surface area (Å²) in [6.07, 6.45) is 7.44. The van der Waals surface area contributed by atoms with Gasteiger partial charge in [-0.2, -0.15) is 0 Å². The Morgan fingerprint density at radius 3 is 2.83 bits per heavy atom. The number of nitrogens with zero attached hydrogens (tertiary/aromatic N) is 4. The van der Waals surface area contributed by atoms with Crippen LogP contribution >= 0.6 is 11.3 Å². The molecule has 0 saturated carbocycles. The predicted molar refractivity (Wildman–Crippen MR) is 85.0 cm³/mol. The number of pyridine rings is 1. The second-order valence-electron chi connectivity index (χ2n) is 4.92. The van der Waals surface area contributed by atoms with Crippen LogP contribution in [0.1, 0.15) is 27.9 Å². The highest BCUT2D eigenvalue weighted by molar-refractivity contribution is 7.09. The van der Waals surface area contributed by atoms with Gasteiger partial charge in [-0.1, -0.05) is 0 Å². The number of hydrogen-bond donors (Lipinski definition) is 2. The number of thiazole rings is 1. The third-order valence-corrected chi connectivity index (χ3v) is 4.22. The van der Waals surface area contributed by atoms with E-state index in [4.69, 9.17) is 0 Å². The quantitative estimate of drug-likeness (QED) is 0.758. The van der Waals surface area contributed by atoms with Gasteiger partial charge >= 0.3 is 0 Å². The largest absolute Gasteiger partial charge is 0.378 e. The maximum absolute atomic E-state index is 12.3. The Labute approximate surface area is 136 Å². The molecule has 7 nitrogen and oxygen atoms in total. The van der Waals surface area contributed by atoms with Crippen molar-refractivity contribution < 1.29 is 9.90 Å². The fourth-order valence-corrected chi connectivity index (χ4v) is 2.69. The van der Waals surface area contributed by atoms with Gasteiger partial charge in [-0.3, -0.25) is 9.78 Å². The van der Waals surface area contributed by atoms with Crippen LogP contribution in [0, 0.1) is 0 Å². The first kappa shape index (κ1) is 15.2. The van der Waals surface area contributed by atoms with Gasteiger partial charge in [0.2, 0.25) is 0 Å². The summed E-state index contributed by atoms with van der Waals surface area (Å²) in [5, 5.41) is 15.7. The number of aliphatic hydroxyl groups is 1. The van der Waals surface area contributed by atoms with Gasteiger partial charge in [0.15, 0.2) is 0 Å². The van der Waals surface area contributed by atoms with Gasteiger partial charge in [0.05, 0.1) is 5.56 Å². The summed E-state index contributed by atoms with van der Waals surface area (Å²) in [7, 11) is 0. The predicted octanol–water partition coefficient (Wildman–Crippen LogP) is 1.84. The van der Waals surface area contributed by atoms with Crippen LogP contribution in [0.4, 0.5) is 5.82 Å². The van der Waals surface area contributed by atoms with Crippen molar-refractivity contribution in [2.45, 2.75) is 12.5 Å². The van der Waals surface area contributed by atoms with Gasteiger partial charge in [0.1, 0.15) is 22.8 Å². The summed E-state index contributed by atoms with van der Waals surface area (Å²) < 4.78 is 0. The number of hydrogen-bond acceptors (Lipinski definition) is 7. The van der Waals surface area contributed by atoms with Gasteiger partial charge in [-0.05, 0) is 19.1 Å². The molecule has 0 spiro atoms. The van der Waals surface area contributed by atoms with Crippen LogP contribution in [0.2, 0.25) is 0 Å². The van der Waals surface area contributed by atoms with E-state index in [0.29, 0.717) is 22.0 Å². The van der Waals surface area contributed by atoms with Crippen LogP contribution in [-0.2, 0) is 5.60 Å². The Kier molecular flexibility index (Phi) is 4.09. The van der Waals surface area contributed by atoms with Crippen LogP contribution in [0.5, 0.6) is 0 Å². The Balaban J connectivity index is 1.87. The van der Waals surface area contributed by atoms with E-state index in [9.17, 15) is 9.90 Å². The van der Waals surface area contributed by atoms with Gasteiger partial charge in [-0.25, -0.2) is 15.0 Å². The molecule has 1 atom stereocenters. The molecule has 2 N–H and O–H groups in total. The highest BCUT2D eigenvalue weighted by Crippen LogP contribution is 2.30. The number of anilines is 1. The Bertz CT molecular complexity index is 806. The second kappa shape index (κ2) is 6.19. The number of aromatic nitrogens is 4. The van der Waals surface area contributed by atoms with Crippen molar-refractivity contribution in [3.63, 3.8) is 0 Å². The van der Waals surface area contributed by atoms with Crippen molar-refractivity contribution in [3.8, 4) is 0 Å². The molecule has 0 radical (unpaired) electrons. The topological polar surface area (TPSA) is 101 Å². The summed E-state index contributed by atoms with van der Waals surface area (Å²) in [6, 6.07) is 3.17. The van der Waals surface area contributed by atoms with Gasteiger partial charge in [0, 0.05) is 35.7 Å². The fraction of sp³-hybridized carbons (Fsp3) is 0.133. The van der Waals surface area contributed by atoms with Crippen molar-refractivity contribution in [2.24, 2.45) is 0 Å². The molecule has 0 aromatic carbocycles. The number of nitrogens with one attached hydrogen (secondary N) is 1. The average molecular weight is 327 g/mol. The second-order valence-corrected chi connectivity index (χ2v) is 5.82. The number of carbonyl (C=O) groups is 1. The number of amides is 1. The number of rotatable bonds is 4. The van der Waals surface area contributed by atoms with E-state index in [1.165, 1.54) is 36.3 Å². The molecule has 3 aromatic rings. The SMILES string of the molecule is CC(O)(c1cncc(C(=O)Nc2ccncn2)c1)c1nccs1. The van der Waals surface area contributed by atoms with Crippen LogP contribution < -0.4 is 5.32 Å². The van der Waals surface area contributed by atoms with Gasteiger partial charge < -0.3 is 10.4 Å². The summed E-state index contributed by atoms with van der Waals surface area (Å²) in [5.74, 6) is 0.0232. The minimum Gasteiger partial charge on any atom is -0.378 e. The molecule has 0 aliphatic rings. The lowest BCUT2D eigenvalue weighted by Gasteiger charge is -2.21. The van der Waals surface area contributed by atoms with Crippen LogP contribution in [0.25, 0.3) is 0 Å². The van der Waals surface area contributed by atoms with E-state index in [2.05, 4.69) is 25.3 Å². The number of carbonyl (C=O) groups excluding carboxylic acids is 1. The molecule has 8 heteroatoms. The van der Waals surface area contributed by atoms with Crippen molar-refractivity contribution in [1.29, 1.82) is 0 Å². The zero-order chi connectivity index (χ0) is 16.3. The Morgan fingerprint density at radius 1 is 1.26 bits per heavy atom. The summed E-state index contributed by atoms with van der Waals surface area (Å²) >= 11 is 1.34. The molecule has 3 heterocycles. The van der Waals surface area contributed by atoms with Crippen LogP contribution in [0.15, 0.2) is 48.6 Å². The van der Waals surface area contributed by atoms with Crippen LogP contribution in [0.3, 0.4) is 0 Å². The minimum absolute atomic E-state index is 0.318. The Morgan fingerprint density at radius 2 is 2.13 bits per heavy atom. The van der Waals surface area contributed by atoms with Crippen molar-refractivity contribution in [2.75, 3.05) is 5.32 Å². The molecular weight excluding hydrogens is 314 g/mol. The third-order valence-electron chi connectivity index (χ3n) is 3.23. The molecule has 0 bridgehead atoms. The van der Waals surface area contributed by atoms with E-state index in [1.807, 2.05) is 0 Å². The normalized spacial score (nSPS) is 13.3. The highest BCUT2D eigenvalue weighted by atomic mass is 32.1. The molecule has 3 rings (SSSR count). The van der Waals surface area contributed by atoms with E-state index in [1.54, 1.807) is 30.6 Å². The zero-order valence-corrected chi connectivity index (χ0v) is 13.0. The van der Waals surface area contributed by atoms with Gasteiger partial charge in [-0.15, -0.1) is 11.3 Å². The standard InChI is InChI=1S/C15H13N5O2S/c1-15(22,14-18-4-5-23-14)11-6-10(7-17-8-11)13(21)20-12-2-3-16-9-19-12/h2-9,22H,1H3,(H,16,19,20,21). The zero-order valence-electron chi connectivity index (χ0n) is 12.2. The average Bonchev–Trinajstić information content (AvgIpc) is 3.11. The molecule has 1 amide bonds. The summed E-state index contributed by atoms with van der Waals surface area (Å²) in [5.41, 5.74) is -0.507. The molecule has 1 unspecified atom stereocenters. The monoisotopic (exact) mass is 327 g/mol. The van der Waals surface area contributed by atoms with Crippen molar-refractivity contribution in [1.82, 2.24) is 19.9 Å². The smallest absolute Gasteiger partial charge is 0.258 e. The lowest BCUT2D eigenvalue weighted by Crippen LogP contribution is -2.24. The van der Waals surface area contributed by atoms with Gasteiger partial charge in [0.25, 0.3) is 5.91 Å². The first-order chi connectivity index (χ1) is 11.1. The first-order valence-corrected chi connectivity index (χ1v) is 7.60. The molecule has 3 aromatic heterocycles.